The Morgan fingerprint density at radius 2 is 2.40 bits per heavy atom. The lowest BCUT2D eigenvalue weighted by Crippen LogP contribution is -2.18. The molecule has 1 aliphatic rings. The Bertz CT molecular complexity index is 356. The third kappa shape index (κ3) is 2.12. The molecule has 1 aliphatic heterocycles. The van der Waals surface area contributed by atoms with E-state index in [1.807, 2.05) is 12.1 Å². The molecule has 1 aromatic heterocycles. The van der Waals surface area contributed by atoms with E-state index < -0.39 is 0 Å². The molecule has 15 heavy (non-hydrogen) atoms. The highest BCUT2D eigenvalue weighted by Gasteiger charge is 2.20. The SMILES string of the molecule is C=C(c1ccc(N)nc1)N1CC[C@H](C)C1. The van der Waals surface area contributed by atoms with Crippen LogP contribution in [-0.4, -0.2) is 23.0 Å². The molecule has 0 spiro atoms. The van der Waals surface area contributed by atoms with E-state index in [9.17, 15) is 0 Å². The lowest BCUT2D eigenvalue weighted by atomic mass is 10.2. The molecule has 1 aromatic rings. The van der Waals surface area contributed by atoms with Crippen LogP contribution in [0.3, 0.4) is 0 Å². The van der Waals surface area contributed by atoms with E-state index in [1.165, 1.54) is 6.42 Å². The summed E-state index contributed by atoms with van der Waals surface area (Å²) >= 11 is 0. The Kier molecular flexibility index (Phi) is 2.62. The van der Waals surface area contributed by atoms with Crippen molar-refractivity contribution in [2.45, 2.75) is 13.3 Å². The van der Waals surface area contributed by atoms with Gasteiger partial charge >= 0.3 is 0 Å². The van der Waals surface area contributed by atoms with Crippen LogP contribution in [0.1, 0.15) is 18.9 Å². The van der Waals surface area contributed by atoms with E-state index in [4.69, 9.17) is 5.73 Å². The molecule has 0 saturated carbocycles. The number of hydrogen-bond acceptors (Lipinski definition) is 3. The molecule has 0 amide bonds. The number of likely N-dealkylation sites (tertiary alicyclic amines) is 1. The van der Waals surface area contributed by atoms with Gasteiger partial charge in [-0.15, -0.1) is 0 Å². The Labute approximate surface area is 90.6 Å². The smallest absolute Gasteiger partial charge is 0.123 e. The standard InChI is InChI=1S/C12H17N3/c1-9-5-6-15(8-9)10(2)11-3-4-12(13)14-7-11/h3-4,7,9H,2,5-6,8H2,1H3,(H2,13,14)/t9-/m0/s1. The molecule has 2 heterocycles. The van der Waals surface area contributed by atoms with Crippen molar-refractivity contribution in [2.24, 2.45) is 5.92 Å². The van der Waals surface area contributed by atoms with Crippen LogP contribution in [0.25, 0.3) is 5.70 Å². The maximum absolute atomic E-state index is 5.55. The summed E-state index contributed by atoms with van der Waals surface area (Å²) in [6.07, 6.45) is 3.04. The molecule has 80 valence electrons. The summed E-state index contributed by atoms with van der Waals surface area (Å²) in [6, 6.07) is 3.80. The van der Waals surface area contributed by atoms with Gasteiger partial charge in [-0.1, -0.05) is 13.5 Å². The van der Waals surface area contributed by atoms with Gasteiger partial charge in [0.15, 0.2) is 0 Å². The van der Waals surface area contributed by atoms with Gasteiger partial charge in [0, 0.05) is 30.5 Å². The Hall–Kier alpha value is -1.51. The average molecular weight is 203 g/mol. The minimum absolute atomic E-state index is 0.557. The van der Waals surface area contributed by atoms with Crippen LogP contribution >= 0.6 is 0 Å². The zero-order valence-electron chi connectivity index (χ0n) is 9.11. The van der Waals surface area contributed by atoms with E-state index in [0.717, 1.165) is 30.3 Å². The van der Waals surface area contributed by atoms with Crippen molar-refractivity contribution in [1.82, 2.24) is 9.88 Å². The van der Waals surface area contributed by atoms with Crippen LogP contribution in [0.4, 0.5) is 5.82 Å². The maximum atomic E-state index is 5.55. The fourth-order valence-corrected chi connectivity index (χ4v) is 1.94. The summed E-state index contributed by atoms with van der Waals surface area (Å²) in [5.74, 6) is 1.32. The zero-order valence-corrected chi connectivity index (χ0v) is 9.11. The Morgan fingerprint density at radius 3 is 2.93 bits per heavy atom. The number of hydrogen-bond donors (Lipinski definition) is 1. The number of nitrogens with zero attached hydrogens (tertiary/aromatic N) is 2. The quantitative estimate of drug-likeness (QED) is 0.799. The van der Waals surface area contributed by atoms with Gasteiger partial charge in [-0.25, -0.2) is 4.98 Å². The molecule has 2 N–H and O–H groups in total. The minimum Gasteiger partial charge on any atom is -0.384 e. The zero-order chi connectivity index (χ0) is 10.8. The number of anilines is 1. The van der Waals surface area contributed by atoms with Crippen LogP contribution in [0.2, 0.25) is 0 Å². The lowest BCUT2D eigenvalue weighted by molar-refractivity contribution is 0.472. The summed E-state index contributed by atoms with van der Waals surface area (Å²) in [7, 11) is 0. The molecule has 3 heteroatoms. The molecule has 0 unspecified atom stereocenters. The van der Waals surface area contributed by atoms with Gasteiger partial charge in [-0.2, -0.15) is 0 Å². The molecular weight excluding hydrogens is 186 g/mol. The van der Waals surface area contributed by atoms with Crippen molar-refractivity contribution in [1.29, 1.82) is 0 Å². The number of nitrogens with two attached hydrogens (primary N) is 1. The molecule has 0 aliphatic carbocycles. The van der Waals surface area contributed by atoms with Crippen molar-refractivity contribution in [2.75, 3.05) is 18.8 Å². The summed E-state index contributed by atoms with van der Waals surface area (Å²) in [5, 5.41) is 0. The second kappa shape index (κ2) is 3.93. The van der Waals surface area contributed by atoms with Crippen molar-refractivity contribution in [3.8, 4) is 0 Å². The molecule has 1 saturated heterocycles. The highest BCUT2D eigenvalue weighted by Crippen LogP contribution is 2.24. The van der Waals surface area contributed by atoms with E-state index in [0.29, 0.717) is 5.82 Å². The number of aromatic nitrogens is 1. The van der Waals surface area contributed by atoms with Crippen LogP contribution < -0.4 is 5.73 Å². The van der Waals surface area contributed by atoms with Gasteiger partial charge in [0.25, 0.3) is 0 Å². The van der Waals surface area contributed by atoms with Gasteiger partial charge < -0.3 is 10.6 Å². The van der Waals surface area contributed by atoms with Gasteiger partial charge in [0.1, 0.15) is 5.82 Å². The third-order valence-electron chi connectivity index (χ3n) is 2.93. The van der Waals surface area contributed by atoms with Crippen molar-refractivity contribution >= 4 is 11.5 Å². The highest BCUT2D eigenvalue weighted by atomic mass is 15.2. The predicted molar refractivity (Wildman–Crippen MR) is 63.0 cm³/mol. The first-order chi connectivity index (χ1) is 7.16. The van der Waals surface area contributed by atoms with Gasteiger partial charge in [0.05, 0.1) is 0 Å². The molecule has 0 aromatic carbocycles. The second-order valence-electron chi connectivity index (χ2n) is 4.26. The second-order valence-corrected chi connectivity index (χ2v) is 4.26. The molecule has 1 fully saturated rings. The summed E-state index contributed by atoms with van der Waals surface area (Å²) < 4.78 is 0. The third-order valence-corrected chi connectivity index (χ3v) is 2.93. The summed E-state index contributed by atoms with van der Waals surface area (Å²) in [4.78, 5) is 6.40. The molecule has 0 radical (unpaired) electrons. The van der Waals surface area contributed by atoms with E-state index >= 15 is 0 Å². The van der Waals surface area contributed by atoms with Crippen molar-refractivity contribution in [3.63, 3.8) is 0 Å². The molecule has 1 atom stereocenters. The van der Waals surface area contributed by atoms with E-state index in [2.05, 4.69) is 23.4 Å². The largest absolute Gasteiger partial charge is 0.384 e. The first-order valence-corrected chi connectivity index (χ1v) is 5.32. The number of rotatable bonds is 2. The molecule has 2 rings (SSSR count). The monoisotopic (exact) mass is 203 g/mol. The highest BCUT2D eigenvalue weighted by molar-refractivity contribution is 5.62. The van der Waals surface area contributed by atoms with Gasteiger partial charge in [0.2, 0.25) is 0 Å². The Morgan fingerprint density at radius 1 is 1.60 bits per heavy atom. The van der Waals surface area contributed by atoms with Crippen LogP contribution in [0.5, 0.6) is 0 Å². The first kappa shape index (κ1) is 10.0. The average Bonchev–Trinajstić information content (AvgIpc) is 2.65. The van der Waals surface area contributed by atoms with Crippen molar-refractivity contribution < 1.29 is 0 Å². The molecule has 3 nitrogen and oxygen atoms in total. The maximum Gasteiger partial charge on any atom is 0.123 e. The number of pyridine rings is 1. The lowest BCUT2D eigenvalue weighted by Gasteiger charge is -2.20. The van der Waals surface area contributed by atoms with E-state index in [-0.39, 0.29) is 0 Å². The van der Waals surface area contributed by atoms with Crippen LogP contribution in [-0.2, 0) is 0 Å². The van der Waals surface area contributed by atoms with Crippen LogP contribution in [0, 0.1) is 5.92 Å². The van der Waals surface area contributed by atoms with Gasteiger partial charge in [-0.05, 0) is 24.5 Å². The summed E-state index contributed by atoms with van der Waals surface area (Å²) in [5.41, 5.74) is 7.68. The fourth-order valence-electron chi connectivity index (χ4n) is 1.94. The molecular formula is C12H17N3. The van der Waals surface area contributed by atoms with E-state index in [1.54, 1.807) is 6.20 Å². The normalized spacial score (nSPS) is 20.6. The fraction of sp³-hybridized carbons (Fsp3) is 0.417. The van der Waals surface area contributed by atoms with Crippen molar-refractivity contribution in [3.05, 3.63) is 30.5 Å². The Balaban J connectivity index is 2.11. The van der Waals surface area contributed by atoms with Crippen LogP contribution in [0.15, 0.2) is 24.9 Å². The number of nitrogen functional groups attached to an aromatic ring is 1. The summed E-state index contributed by atoms with van der Waals surface area (Å²) in [6.45, 7) is 8.59. The predicted octanol–water partition coefficient (Wildman–Crippen LogP) is 1.98. The first-order valence-electron chi connectivity index (χ1n) is 5.32. The van der Waals surface area contributed by atoms with Gasteiger partial charge in [-0.3, -0.25) is 0 Å². The topological polar surface area (TPSA) is 42.1 Å². The minimum atomic E-state index is 0.557. The molecule has 0 bridgehead atoms.